The van der Waals surface area contributed by atoms with Crippen molar-refractivity contribution in [1.82, 2.24) is 0 Å². The Kier molecular flexibility index (Phi) is 4.58. The fraction of sp³-hybridized carbons (Fsp3) is 0.562. The Labute approximate surface area is 127 Å². The van der Waals surface area contributed by atoms with Crippen LogP contribution in [0.1, 0.15) is 32.3 Å². The molecule has 1 fully saturated rings. The summed E-state index contributed by atoms with van der Waals surface area (Å²) in [5, 5.41) is 9.07. The molecule has 0 aromatic heterocycles. The number of nitriles is 1. The highest BCUT2D eigenvalue weighted by molar-refractivity contribution is 7.90. The van der Waals surface area contributed by atoms with Crippen LogP contribution in [-0.4, -0.2) is 27.8 Å². The number of anilines is 1. The predicted octanol–water partition coefficient (Wildman–Crippen LogP) is 2.83. The Morgan fingerprint density at radius 3 is 2.67 bits per heavy atom. The van der Waals surface area contributed by atoms with Crippen LogP contribution in [0, 0.1) is 23.2 Å². The van der Waals surface area contributed by atoms with Crippen molar-refractivity contribution in [2.75, 3.05) is 24.2 Å². The van der Waals surface area contributed by atoms with Crippen molar-refractivity contribution >= 4 is 15.5 Å². The van der Waals surface area contributed by atoms with Crippen LogP contribution in [-0.2, 0) is 9.84 Å². The summed E-state index contributed by atoms with van der Waals surface area (Å²) in [6.07, 6.45) is 3.50. The second-order valence-corrected chi connectivity index (χ2v) is 8.14. The SMILES string of the molecule is CC(C)[C@H]1CCCN(c2ccc(C#N)c(S(C)(=O)=O)c2)C1. The number of benzene rings is 1. The van der Waals surface area contributed by atoms with Crippen LogP contribution >= 0.6 is 0 Å². The van der Waals surface area contributed by atoms with E-state index >= 15 is 0 Å². The van der Waals surface area contributed by atoms with Gasteiger partial charge in [0.15, 0.2) is 9.84 Å². The van der Waals surface area contributed by atoms with E-state index < -0.39 is 9.84 Å². The fourth-order valence-corrected chi connectivity index (χ4v) is 3.74. The minimum atomic E-state index is -3.39. The molecule has 1 atom stereocenters. The first kappa shape index (κ1) is 15.8. The minimum Gasteiger partial charge on any atom is -0.371 e. The van der Waals surface area contributed by atoms with E-state index in [-0.39, 0.29) is 10.5 Å². The highest BCUT2D eigenvalue weighted by Gasteiger charge is 2.24. The van der Waals surface area contributed by atoms with Gasteiger partial charge in [-0.3, -0.25) is 0 Å². The van der Waals surface area contributed by atoms with E-state index in [0.717, 1.165) is 31.5 Å². The maximum atomic E-state index is 11.9. The van der Waals surface area contributed by atoms with Gasteiger partial charge in [-0.25, -0.2) is 8.42 Å². The number of nitrogens with zero attached hydrogens (tertiary/aromatic N) is 2. The fourth-order valence-electron chi connectivity index (χ4n) is 2.90. The number of hydrogen-bond acceptors (Lipinski definition) is 4. The van der Waals surface area contributed by atoms with Crippen LogP contribution in [0.2, 0.25) is 0 Å². The molecule has 1 heterocycles. The van der Waals surface area contributed by atoms with Crippen molar-refractivity contribution in [2.45, 2.75) is 31.6 Å². The number of sulfone groups is 1. The lowest BCUT2D eigenvalue weighted by molar-refractivity contribution is 0.322. The molecule has 1 aliphatic rings. The summed E-state index contributed by atoms with van der Waals surface area (Å²) in [4.78, 5) is 2.37. The Hall–Kier alpha value is -1.54. The highest BCUT2D eigenvalue weighted by Crippen LogP contribution is 2.29. The van der Waals surface area contributed by atoms with Crippen LogP contribution in [0.15, 0.2) is 23.1 Å². The topological polar surface area (TPSA) is 61.2 Å². The highest BCUT2D eigenvalue weighted by atomic mass is 32.2. The molecular formula is C16H22N2O2S. The summed E-state index contributed by atoms with van der Waals surface area (Å²) in [6, 6.07) is 7.08. The van der Waals surface area contributed by atoms with E-state index in [1.807, 2.05) is 12.1 Å². The molecule has 1 aromatic rings. The Morgan fingerprint density at radius 2 is 2.10 bits per heavy atom. The first-order chi connectivity index (χ1) is 9.82. The molecule has 0 unspecified atom stereocenters. The maximum Gasteiger partial charge on any atom is 0.176 e. The molecule has 1 aromatic carbocycles. The normalized spacial score (nSPS) is 19.6. The van der Waals surface area contributed by atoms with E-state index in [1.165, 1.54) is 6.42 Å². The second kappa shape index (κ2) is 6.07. The lowest BCUT2D eigenvalue weighted by atomic mass is 9.87. The monoisotopic (exact) mass is 306 g/mol. The number of hydrogen-bond donors (Lipinski definition) is 0. The van der Waals surface area contributed by atoms with Gasteiger partial charge in [-0.1, -0.05) is 13.8 Å². The van der Waals surface area contributed by atoms with Gasteiger partial charge in [0.05, 0.1) is 10.5 Å². The standard InChI is InChI=1S/C16H22N2O2S/c1-12(2)14-5-4-8-18(11-14)15-7-6-13(10-17)16(9-15)21(3,19)20/h6-7,9,12,14H,4-5,8,11H2,1-3H3/t14-/m0/s1. The number of piperidine rings is 1. The Morgan fingerprint density at radius 1 is 1.38 bits per heavy atom. The zero-order chi connectivity index (χ0) is 15.6. The van der Waals surface area contributed by atoms with Crippen LogP contribution in [0.3, 0.4) is 0 Å². The third kappa shape index (κ3) is 3.56. The molecule has 21 heavy (non-hydrogen) atoms. The van der Waals surface area contributed by atoms with E-state index in [0.29, 0.717) is 11.8 Å². The van der Waals surface area contributed by atoms with Crippen LogP contribution in [0.4, 0.5) is 5.69 Å². The van der Waals surface area contributed by atoms with Crippen LogP contribution in [0.25, 0.3) is 0 Å². The largest absolute Gasteiger partial charge is 0.371 e. The van der Waals surface area contributed by atoms with Crippen molar-refractivity contribution in [3.8, 4) is 6.07 Å². The first-order valence-electron chi connectivity index (χ1n) is 7.32. The third-order valence-corrected chi connectivity index (χ3v) is 5.39. The van der Waals surface area contributed by atoms with Crippen molar-refractivity contribution in [2.24, 2.45) is 11.8 Å². The summed E-state index contributed by atoms with van der Waals surface area (Å²) in [7, 11) is -3.39. The minimum absolute atomic E-state index is 0.133. The van der Waals surface area contributed by atoms with E-state index in [1.54, 1.807) is 12.1 Å². The first-order valence-corrected chi connectivity index (χ1v) is 9.21. The summed E-state index contributed by atoms with van der Waals surface area (Å²) in [6.45, 7) is 6.36. The molecule has 0 N–H and O–H groups in total. The van der Waals surface area contributed by atoms with Gasteiger partial charge in [-0.15, -0.1) is 0 Å². The molecule has 4 nitrogen and oxygen atoms in total. The van der Waals surface area contributed by atoms with Gasteiger partial charge in [0, 0.05) is 25.0 Å². The molecule has 0 spiro atoms. The molecule has 0 radical (unpaired) electrons. The zero-order valence-electron chi connectivity index (χ0n) is 12.8. The van der Waals surface area contributed by atoms with Gasteiger partial charge in [0.2, 0.25) is 0 Å². The summed E-state index contributed by atoms with van der Waals surface area (Å²) >= 11 is 0. The third-order valence-electron chi connectivity index (χ3n) is 4.25. The Bertz CT molecular complexity index is 659. The van der Waals surface area contributed by atoms with E-state index in [4.69, 9.17) is 5.26 Å². The van der Waals surface area contributed by atoms with Crippen LogP contribution in [0.5, 0.6) is 0 Å². The van der Waals surface area contributed by atoms with Crippen molar-refractivity contribution < 1.29 is 8.42 Å². The molecule has 0 aliphatic carbocycles. The summed E-state index contributed by atoms with van der Waals surface area (Å²) in [5.74, 6) is 1.26. The molecule has 1 saturated heterocycles. The lowest BCUT2D eigenvalue weighted by Crippen LogP contribution is -2.37. The quantitative estimate of drug-likeness (QED) is 0.861. The molecule has 2 rings (SSSR count). The molecule has 114 valence electrons. The average Bonchev–Trinajstić information content (AvgIpc) is 2.45. The van der Waals surface area contributed by atoms with Gasteiger partial charge >= 0.3 is 0 Å². The summed E-state index contributed by atoms with van der Waals surface area (Å²) < 4.78 is 23.7. The van der Waals surface area contributed by atoms with Crippen molar-refractivity contribution in [1.29, 1.82) is 5.26 Å². The zero-order valence-corrected chi connectivity index (χ0v) is 13.7. The maximum absolute atomic E-state index is 11.9. The van der Waals surface area contributed by atoms with Gasteiger partial charge in [0.1, 0.15) is 6.07 Å². The van der Waals surface area contributed by atoms with Gasteiger partial charge in [-0.05, 0) is 42.9 Å². The van der Waals surface area contributed by atoms with E-state index in [9.17, 15) is 8.42 Å². The smallest absolute Gasteiger partial charge is 0.176 e. The number of rotatable bonds is 3. The van der Waals surface area contributed by atoms with Gasteiger partial charge in [0.25, 0.3) is 0 Å². The average molecular weight is 306 g/mol. The van der Waals surface area contributed by atoms with Gasteiger partial charge < -0.3 is 4.90 Å². The van der Waals surface area contributed by atoms with Crippen LogP contribution < -0.4 is 4.90 Å². The molecule has 0 saturated carbocycles. The molecule has 1 aliphatic heterocycles. The van der Waals surface area contributed by atoms with Gasteiger partial charge in [-0.2, -0.15) is 5.26 Å². The summed E-state index contributed by atoms with van der Waals surface area (Å²) in [5.41, 5.74) is 1.12. The lowest BCUT2D eigenvalue weighted by Gasteiger charge is -2.36. The molecule has 0 bridgehead atoms. The van der Waals surface area contributed by atoms with Crippen molar-refractivity contribution in [3.63, 3.8) is 0 Å². The Balaban J connectivity index is 2.35. The molecule has 5 heteroatoms. The predicted molar refractivity (Wildman–Crippen MR) is 84.0 cm³/mol. The molecule has 0 amide bonds. The second-order valence-electron chi connectivity index (χ2n) is 6.16. The van der Waals surface area contributed by atoms with Crippen molar-refractivity contribution in [3.05, 3.63) is 23.8 Å². The molecular weight excluding hydrogens is 284 g/mol. The van der Waals surface area contributed by atoms with E-state index in [2.05, 4.69) is 18.7 Å².